The van der Waals surface area contributed by atoms with E-state index in [9.17, 15) is 4.39 Å². The van der Waals surface area contributed by atoms with Gasteiger partial charge in [-0.25, -0.2) is 4.39 Å². The van der Waals surface area contributed by atoms with Gasteiger partial charge in [-0.2, -0.15) is 0 Å². The molecule has 76 valence electrons. The van der Waals surface area contributed by atoms with Crippen molar-refractivity contribution in [3.63, 3.8) is 0 Å². The van der Waals surface area contributed by atoms with Crippen LogP contribution in [0, 0.1) is 5.82 Å². The van der Waals surface area contributed by atoms with Crippen LogP contribution in [0.5, 0.6) is 0 Å². The molecular weight excluding hydrogens is 191 g/mol. The number of benzene rings is 1. The molecule has 1 rings (SSSR count). The molecule has 0 atom stereocenters. The highest BCUT2D eigenvalue weighted by molar-refractivity contribution is 6.77. The molecule has 14 heavy (non-hydrogen) atoms. The van der Waals surface area contributed by atoms with Crippen molar-refractivity contribution in [3.05, 3.63) is 42.2 Å². The van der Waals surface area contributed by atoms with E-state index in [1.807, 2.05) is 6.07 Å². The average Bonchev–Trinajstić information content (AvgIpc) is 2.01. The van der Waals surface area contributed by atoms with E-state index in [0.717, 1.165) is 11.6 Å². The van der Waals surface area contributed by atoms with E-state index < -0.39 is 8.07 Å². The van der Waals surface area contributed by atoms with Crippen LogP contribution in [0.2, 0.25) is 25.7 Å². The van der Waals surface area contributed by atoms with Gasteiger partial charge in [-0.15, -0.1) is 0 Å². The Morgan fingerprint density at radius 3 is 2.36 bits per heavy atom. The lowest BCUT2D eigenvalue weighted by Gasteiger charge is -2.17. The second-order valence-corrected chi connectivity index (χ2v) is 10.3. The van der Waals surface area contributed by atoms with Crippen molar-refractivity contribution < 1.29 is 4.39 Å². The van der Waals surface area contributed by atoms with E-state index in [4.69, 9.17) is 0 Å². The maximum Gasteiger partial charge on any atom is 0.130 e. The summed E-state index contributed by atoms with van der Waals surface area (Å²) < 4.78 is 13.4. The molecule has 0 heterocycles. The standard InChI is InChI=1S/C12H17FSi/c1-10(9-14(2,3)4)11-7-5-6-8-12(11)13/h5-8H,1,9H2,2-4H3. The first kappa shape index (κ1) is 11.2. The first-order chi connectivity index (χ1) is 6.40. The molecule has 0 nitrogen and oxygen atoms in total. The summed E-state index contributed by atoms with van der Waals surface area (Å²) in [6.07, 6.45) is 0. The average molecular weight is 208 g/mol. The summed E-state index contributed by atoms with van der Waals surface area (Å²) >= 11 is 0. The summed E-state index contributed by atoms with van der Waals surface area (Å²) in [6, 6.07) is 7.81. The first-order valence-corrected chi connectivity index (χ1v) is 8.53. The Balaban J connectivity index is 2.86. The highest BCUT2D eigenvalue weighted by Gasteiger charge is 2.16. The van der Waals surface area contributed by atoms with Crippen LogP contribution in [0.25, 0.3) is 5.57 Å². The molecule has 0 radical (unpaired) electrons. The molecule has 0 bridgehead atoms. The second-order valence-electron chi connectivity index (χ2n) is 4.82. The van der Waals surface area contributed by atoms with Gasteiger partial charge < -0.3 is 0 Å². The predicted molar refractivity (Wildman–Crippen MR) is 63.6 cm³/mol. The topological polar surface area (TPSA) is 0 Å². The minimum atomic E-state index is -1.19. The number of rotatable bonds is 3. The lowest BCUT2D eigenvalue weighted by Crippen LogP contribution is -2.19. The van der Waals surface area contributed by atoms with Crippen LogP contribution < -0.4 is 0 Å². The lowest BCUT2D eigenvalue weighted by molar-refractivity contribution is 0.624. The third kappa shape index (κ3) is 3.11. The number of hydrogen-bond donors (Lipinski definition) is 0. The molecule has 0 unspecified atom stereocenters. The molecule has 0 aliphatic heterocycles. The Morgan fingerprint density at radius 2 is 1.86 bits per heavy atom. The zero-order valence-electron chi connectivity index (χ0n) is 9.10. The van der Waals surface area contributed by atoms with Crippen molar-refractivity contribution in [1.82, 2.24) is 0 Å². The number of hydrogen-bond acceptors (Lipinski definition) is 0. The summed E-state index contributed by atoms with van der Waals surface area (Å²) in [5.74, 6) is -0.157. The monoisotopic (exact) mass is 208 g/mol. The quantitative estimate of drug-likeness (QED) is 0.654. The molecule has 0 aromatic heterocycles. The van der Waals surface area contributed by atoms with Gasteiger partial charge in [0.2, 0.25) is 0 Å². The second kappa shape index (κ2) is 4.09. The van der Waals surface area contributed by atoms with Gasteiger partial charge in [-0.05, 0) is 17.7 Å². The Labute approximate surface area is 86.5 Å². The fraction of sp³-hybridized carbons (Fsp3) is 0.333. The van der Waals surface area contributed by atoms with E-state index >= 15 is 0 Å². The smallest absolute Gasteiger partial charge is 0.130 e. The summed E-state index contributed by atoms with van der Waals surface area (Å²) in [5, 5.41) is 0. The Hall–Kier alpha value is -0.893. The number of halogens is 1. The normalized spacial score (nSPS) is 11.4. The van der Waals surface area contributed by atoms with E-state index in [-0.39, 0.29) is 5.82 Å². The molecule has 0 aliphatic carbocycles. The number of allylic oxidation sites excluding steroid dienone is 1. The van der Waals surface area contributed by atoms with Gasteiger partial charge in [-0.1, -0.05) is 44.4 Å². The molecule has 0 saturated carbocycles. The minimum absolute atomic E-state index is 0.157. The Morgan fingerprint density at radius 1 is 1.29 bits per heavy atom. The van der Waals surface area contributed by atoms with Crippen molar-refractivity contribution in [2.45, 2.75) is 25.7 Å². The minimum Gasteiger partial charge on any atom is -0.206 e. The van der Waals surface area contributed by atoms with Crippen molar-refractivity contribution in [3.8, 4) is 0 Å². The molecule has 0 amide bonds. The predicted octanol–water partition coefficient (Wildman–Crippen LogP) is 4.18. The molecule has 1 aromatic carbocycles. The molecule has 0 N–H and O–H groups in total. The van der Waals surface area contributed by atoms with Gasteiger partial charge >= 0.3 is 0 Å². The summed E-state index contributed by atoms with van der Waals surface area (Å²) in [6.45, 7) is 10.8. The van der Waals surface area contributed by atoms with E-state index in [1.54, 1.807) is 12.1 Å². The van der Waals surface area contributed by atoms with Gasteiger partial charge in [0.05, 0.1) is 0 Å². The maximum atomic E-state index is 13.4. The fourth-order valence-corrected chi connectivity index (χ4v) is 2.95. The molecular formula is C12H17FSi. The van der Waals surface area contributed by atoms with Gasteiger partial charge in [-0.3, -0.25) is 0 Å². The lowest BCUT2D eigenvalue weighted by atomic mass is 10.1. The van der Waals surface area contributed by atoms with E-state index in [0.29, 0.717) is 5.56 Å². The Kier molecular flexibility index (Phi) is 3.27. The highest BCUT2D eigenvalue weighted by Crippen LogP contribution is 2.25. The van der Waals surface area contributed by atoms with Crippen LogP contribution in [-0.2, 0) is 0 Å². The van der Waals surface area contributed by atoms with E-state index in [2.05, 4.69) is 26.2 Å². The third-order valence-corrected chi connectivity index (χ3v) is 3.49. The molecule has 2 heteroatoms. The van der Waals surface area contributed by atoms with Crippen LogP contribution in [0.1, 0.15) is 5.56 Å². The fourth-order valence-electron chi connectivity index (χ4n) is 1.48. The SMILES string of the molecule is C=C(C[Si](C)(C)C)c1ccccc1F. The van der Waals surface area contributed by atoms with Crippen molar-refractivity contribution in [2.24, 2.45) is 0 Å². The molecule has 0 fully saturated rings. The molecule has 0 saturated heterocycles. The zero-order chi connectivity index (χ0) is 10.8. The van der Waals surface area contributed by atoms with Gasteiger partial charge in [0.15, 0.2) is 0 Å². The summed E-state index contributed by atoms with van der Waals surface area (Å²) in [4.78, 5) is 0. The zero-order valence-corrected chi connectivity index (χ0v) is 10.1. The van der Waals surface area contributed by atoms with Crippen molar-refractivity contribution in [2.75, 3.05) is 0 Å². The van der Waals surface area contributed by atoms with Crippen LogP contribution in [-0.4, -0.2) is 8.07 Å². The molecule has 0 spiro atoms. The Bertz CT molecular complexity index is 336. The van der Waals surface area contributed by atoms with Crippen LogP contribution >= 0.6 is 0 Å². The van der Waals surface area contributed by atoms with Gasteiger partial charge in [0.25, 0.3) is 0 Å². The first-order valence-electron chi connectivity index (χ1n) is 4.83. The van der Waals surface area contributed by atoms with Crippen molar-refractivity contribution in [1.29, 1.82) is 0 Å². The van der Waals surface area contributed by atoms with Gasteiger partial charge in [0, 0.05) is 13.6 Å². The largest absolute Gasteiger partial charge is 0.206 e. The van der Waals surface area contributed by atoms with E-state index in [1.165, 1.54) is 6.07 Å². The van der Waals surface area contributed by atoms with Crippen LogP contribution in [0.4, 0.5) is 4.39 Å². The summed E-state index contributed by atoms with van der Waals surface area (Å²) in [7, 11) is -1.19. The highest BCUT2D eigenvalue weighted by atomic mass is 28.3. The van der Waals surface area contributed by atoms with Crippen LogP contribution in [0.3, 0.4) is 0 Å². The molecule has 1 aromatic rings. The van der Waals surface area contributed by atoms with Crippen LogP contribution in [0.15, 0.2) is 30.8 Å². The molecule has 0 aliphatic rings. The maximum absolute atomic E-state index is 13.4. The summed E-state index contributed by atoms with van der Waals surface area (Å²) in [5.41, 5.74) is 1.61. The third-order valence-electron chi connectivity index (χ3n) is 2.00. The van der Waals surface area contributed by atoms with Gasteiger partial charge in [0.1, 0.15) is 5.82 Å². The van der Waals surface area contributed by atoms with Crippen molar-refractivity contribution >= 4 is 13.6 Å².